The van der Waals surface area contributed by atoms with Crippen LogP contribution in [0, 0.1) is 0 Å². The van der Waals surface area contributed by atoms with Crippen molar-refractivity contribution in [3.63, 3.8) is 0 Å². The van der Waals surface area contributed by atoms with E-state index in [-0.39, 0.29) is 37.5 Å². The minimum atomic E-state index is -5.10. The molecule has 5 nitrogen and oxygen atoms in total. The van der Waals surface area contributed by atoms with Gasteiger partial charge < -0.3 is 10.2 Å². The second-order valence-corrected chi connectivity index (χ2v) is 9.20. The summed E-state index contributed by atoms with van der Waals surface area (Å²) in [6.45, 7) is 0. The van der Waals surface area contributed by atoms with Gasteiger partial charge in [-0.2, -0.15) is 8.42 Å². The van der Waals surface area contributed by atoms with Crippen LogP contribution < -0.4 is 0 Å². The lowest BCUT2D eigenvalue weighted by atomic mass is 9.83. The normalized spacial score (nSPS) is 13.8. The van der Waals surface area contributed by atoms with Gasteiger partial charge in [0.2, 0.25) is 0 Å². The summed E-state index contributed by atoms with van der Waals surface area (Å²) in [6.07, 6.45) is 0. The summed E-state index contributed by atoms with van der Waals surface area (Å²) in [5.74, 6) is -0.780. The molecule has 0 fully saturated rings. The van der Waals surface area contributed by atoms with Crippen LogP contribution in [0.4, 0.5) is 0 Å². The van der Waals surface area contributed by atoms with Crippen molar-refractivity contribution in [3.05, 3.63) is 91.4 Å². The number of hydrogen-bond acceptors (Lipinski definition) is 4. The molecule has 0 aliphatic rings. The number of benzene rings is 3. The zero-order valence-electron chi connectivity index (χ0n) is 14.3. The highest BCUT2D eigenvalue weighted by atomic mass is 35.5. The molecule has 152 valence electrons. The van der Waals surface area contributed by atoms with Crippen molar-refractivity contribution in [1.29, 1.82) is 0 Å². The number of hydrogen-bond donors (Lipinski definition) is 3. The second-order valence-electron chi connectivity index (χ2n) is 6.07. The molecule has 0 amide bonds. The van der Waals surface area contributed by atoms with E-state index >= 15 is 0 Å². The summed E-state index contributed by atoms with van der Waals surface area (Å²) in [6, 6.07) is 12.1. The number of halogens is 4. The molecule has 0 aromatic heterocycles. The summed E-state index contributed by atoms with van der Waals surface area (Å²) in [7, 11) is -5.10. The number of rotatable bonds is 4. The lowest BCUT2D eigenvalue weighted by Crippen LogP contribution is -2.39. The monoisotopic (exact) mass is 492 g/mol. The van der Waals surface area contributed by atoms with E-state index in [0.717, 1.165) is 12.1 Å². The maximum absolute atomic E-state index is 13.0. The van der Waals surface area contributed by atoms with E-state index in [1.807, 2.05) is 0 Å². The fourth-order valence-corrected chi connectivity index (χ4v) is 5.88. The van der Waals surface area contributed by atoms with Crippen LogP contribution in [0.15, 0.2) is 54.6 Å². The van der Waals surface area contributed by atoms with Crippen LogP contribution in [-0.4, -0.2) is 23.2 Å². The number of aromatic hydroxyl groups is 2. The molecule has 3 N–H and O–H groups in total. The molecule has 0 spiro atoms. The molecule has 3 aromatic carbocycles. The summed E-state index contributed by atoms with van der Waals surface area (Å²) in [5.41, 5.74) is -0.510. The van der Waals surface area contributed by atoms with Crippen molar-refractivity contribution in [2.75, 3.05) is 0 Å². The molecule has 0 saturated carbocycles. The van der Waals surface area contributed by atoms with Crippen LogP contribution >= 0.6 is 46.4 Å². The van der Waals surface area contributed by atoms with Gasteiger partial charge in [-0.15, -0.1) is 0 Å². The Kier molecular flexibility index (Phi) is 5.98. The Labute approximate surface area is 186 Å². The van der Waals surface area contributed by atoms with Gasteiger partial charge in [0, 0.05) is 22.2 Å². The molecule has 1 atom stereocenters. The first-order valence-electron chi connectivity index (χ1n) is 7.90. The van der Waals surface area contributed by atoms with E-state index in [1.165, 1.54) is 36.4 Å². The Hall–Kier alpha value is -1.67. The van der Waals surface area contributed by atoms with Crippen LogP contribution in [0.5, 0.6) is 11.5 Å². The van der Waals surface area contributed by atoms with Crippen LogP contribution in [-0.2, 0) is 14.9 Å². The van der Waals surface area contributed by atoms with E-state index in [0.29, 0.717) is 0 Å². The predicted molar refractivity (Wildman–Crippen MR) is 114 cm³/mol. The third kappa shape index (κ3) is 3.54. The van der Waals surface area contributed by atoms with Crippen LogP contribution in [0.1, 0.15) is 16.7 Å². The van der Waals surface area contributed by atoms with Crippen LogP contribution in [0.3, 0.4) is 0 Å². The highest BCUT2D eigenvalue weighted by Gasteiger charge is 2.52. The van der Waals surface area contributed by atoms with Gasteiger partial charge in [-0.1, -0.05) is 82.8 Å². The average Bonchev–Trinajstić information content (AvgIpc) is 2.64. The first-order chi connectivity index (χ1) is 13.5. The number of phenols is 2. The average molecular weight is 494 g/mol. The summed E-state index contributed by atoms with van der Waals surface area (Å²) >= 11 is 25.0. The Bertz CT molecular complexity index is 1170. The Balaban J connectivity index is 2.67. The van der Waals surface area contributed by atoms with E-state index in [9.17, 15) is 23.2 Å². The van der Waals surface area contributed by atoms with Gasteiger partial charge in [0.05, 0.1) is 15.1 Å². The lowest BCUT2D eigenvalue weighted by Gasteiger charge is -2.34. The lowest BCUT2D eigenvalue weighted by molar-refractivity contribution is 0.455. The molecule has 29 heavy (non-hydrogen) atoms. The fourth-order valence-electron chi connectivity index (χ4n) is 3.21. The number of phenolic OH excluding ortho intramolecular Hbond substituents is 2. The van der Waals surface area contributed by atoms with E-state index in [4.69, 9.17) is 46.4 Å². The Morgan fingerprint density at radius 1 is 0.793 bits per heavy atom. The molecular weight excluding hydrogens is 482 g/mol. The van der Waals surface area contributed by atoms with Crippen molar-refractivity contribution in [3.8, 4) is 11.5 Å². The maximum atomic E-state index is 13.0. The van der Waals surface area contributed by atoms with E-state index < -0.39 is 25.6 Å². The van der Waals surface area contributed by atoms with Gasteiger partial charge in [-0.05, 0) is 17.7 Å². The van der Waals surface area contributed by atoms with Gasteiger partial charge in [0.15, 0.2) is 4.75 Å². The van der Waals surface area contributed by atoms with Gasteiger partial charge in [0.1, 0.15) is 11.5 Å². The molecule has 0 aliphatic carbocycles. The molecule has 0 heterocycles. The van der Waals surface area contributed by atoms with Crippen molar-refractivity contribution in [2.24, 2.45) is 0 Å². The molecule has 10 heteroatoms. The van der Waals surface area contributed by atoms with Gasteiger partial charge in [-0.25, -0.2) is 0 Å². The van der Waals surface area contributed by atoms with Crippen molar-refractivity contribution < 1.29 is 23.2 Å². The maximum Gasteiger partial charge on any atom is 0.283 e. The van der Waals surface area contributed by atoms with Crippen molar-refractivity contribution in [1.82, 2.24) is 0 Å². The first-order valence-corrected chi connectivity index (χ1v) is 10.9. The Morgan fingerprint density at radius 2 is 1.41 bits per heavy atom. The standard InChI is InChI=1S/C19H12Cl4O5S/c20-13-8-11(24)6-7-12(13)19(29(26,27)28,10-4-2-1-3-5-10)16-17(22)14(21)9-15(25)18(16)23/h1-9,24-25H,(H,26,27,28). The van der Waals surface area contributed by atoms with Crippen molar-refractivity contribution in [2.45, 2.75) is 4.75 Å². The summed E-state index contributed by atoms with van der Waals surface area (Å²) in [5, 5.41) is 18.8. The molecule has 0 radical (unpaired) electrons. The van der Waals surface area contributed by atoms with Crippen LogP contribution in [0.2, 0.25) is 20.1 Å². The highest BCUT2D eigenvalue weighted by molar-refractivity contribution is 7.87. The molecule has 0 bridgehead atoms. The van der Waals surface area contributed by atoms with Crippen molar-refractivity contribution >= 4 is 56.5 Å². The first kappa shape index (κ1) is 22.0. The van der Waals surface area contributed by atoms with Gasteiger partial charge in [-0.3, -0.25) is 4.55 Å². The fraction of sp³-hybridized carbons (Fsp3) is 0.0526. The summed E-state index contributed by atoms with van der Waals surface area (Å²) < 4.78 is 34.1. The largest absolute Gasteiger partial charge is 0.508 e. The zero-order chi connectivity index (χ0) is 21.6. The smallest absolute Gasteiger partial charge is 0.283 e. The third-order valence-corrected chi connectivity index (χ3v) is 7.30. The quantitative estimate of drug-likeness (QED) is 0.239. The molecule has 3 aromatic rings. The van der Waals surface area contributed by atoms with Gasteiger partial charge in [0.25, 0.3) is 10.1 Å². The van der Waals surface area contributed by atoms with E-state index in [1.54, 1.807) is 6.07 Å². The summed E-state index contributed by atoms with van der Waals surface area (Å²) in [4.78, 5) is 0. The third-order valence-electron chi connectivity index (χ3n) is 4.39. The molecule has 0 saturated heterocycles. The molecular formula is C19H12Cl4O5S. The highest BCUT2D eigenvalue weighted by Crippen LogP contribution is 2.54. The minimum Gasteiger partial charge on any atom is -0.508 e. The molecule has 3 rings (SSSR count). The molecule has 0 aliphatic heterocycles. The zero-order valence-corrected chi connectivity index (χ0v) is 18.1. The predicted octanol–water partition coefficient (Wildman–Crippen LogP) is 5.89. The van der Waals surface area contributed by atoms with Crippen LogP contribution in [0.25, 0.3) is 0 Å². The molecule has 1 unspecified atom stereocenters. The minimum absolute atomic E-state index is 0.0283. The van der Waals surface area contributed by atoms with E-state index in [2.05, 4.69) is 0 Å². The topological polar surface area (TPSA) is 94.8 Å². The second kappa shape index (κ2) is 7.87. The Morgan fingerprint density at radius 3 is 1.97 bits per heavy atom. The SMILES string of the molecule is O=S(=O)(O)C(c1ccccc1)(c1ccc(O)cc1Cl)c1c(Cl)c(O)cc(Cl)c1Cl. The van der Waals surface area contributed by atoms with Gasteiger partial charge >= 0.3 is 0 Å².